The molecule has 0 saturated heterocycles. The first-order valence-electron chi connectivity index (χ1n) is 10.2. The lowest BCUT2D eigenvalue weighted by atomic mass is 10.1. The molecule has 0 aliphatic carbocycles. The van der Waals surface area contributed by atoms with Crippen LogP contribution in [-0.2, 0) is 11.3 Å². The van der Waals surface area contributed by atoms with Gasteiger partial charge >= 0.3 is 0 Å². The lowest BCUT2D eigenvalue weighted by Gasteiger charge is -2.16. The molecule has 2 N–H and O–H groups in total. The molecular formula is C25H27ClN2O3. The summed E-state index contributed by atoms with van der Waals surface area (Å²) in [6.45, 7) is 6.90. The van der Waals surface area contributed by atoms with Gasteiger partial charge in [-0.1, -0.05) is 47.5 Å². The normalized spacial score (nSPS) is 10.5. The summed E-state index contributed by atoms with van der Waals surface area (Å²) >= 11 is 6.48. The summed E-state index contributed by atoms with van der Waals surface area (Å²) in [5.74, 6) is 0.604. The number of halogens is 1. The molecule has 0 atom stereocenters. The second kappa shape index (κ2) is 10.7. The number of para-hydroxylation sites is 1. The molecule has 0 aliphatic heterocycles. The first-order chi connectivity index (χ1) is 15.0. The number of hydrogen-bond donors (Lipinski definition) is 2. The SMILES string of the molecule is CCOc1cc(CNc2ccc(C)cc2C)cc(Cl)c1OCC(=O)Nc1ccccc1. The Kier molecular flexibility index (Phi) is 7.79. The van der Waals surface area contributed by atoms with Gasteiger partial charge in [0, 0.05) is 17.9 Å². The lowest BCUT2D eigenvalue weighted by Crippen LogP contribution is -2.20. The van der Waals surface area contributed by atoms with E-state index in [4.69, 9.17) is 21.1 Å². The van der Waals surface area contributed by atoms with Crippen molar-refractivity contribution >= 4 is 28.9 Å². The van der Waals surface area contributed by atoms with Crippen LogP contribution in [0.15, 0.2) is 60.7 Å². The van der Waals surface area contributed by atoms with Crippen LogP contribution in [0.2, 0.25) is 5.02 Å². The van der Waals surface area contributed by atoms with Crippen molar-refractivity contribution in [3.05, 3.63) is 82.4 Å². The van der Waals surface area contributed by atoms with Crippen molar-refractivity contribution in [2.24, 2.45) is 0 Å². The Hall–Kier alpha value is -3.18. The van der Waals surface area contributed by atoms with E-state index in [9.17, 15) is 4.79 Å². The molecule has 3 rings (SSSR count). The van der Waals surface area contributed by atoms with Gasteiger partial charge in [-0.05, 0) is 62.2 Å². The highest BCUT2D eigenvalue weighted by Gasteiger charge is 2.15. The van der Waals surface area contributed by atoms with Crippen LogP contribution in [0.25, 0.3) is 0 Å². The molecule has 0 bridgehead atoms. The van der Waals surface area contributed by atoms with Crippen LogP contribution in [-0.4, -0.2) is 19.1 Å². The van der Waals surface area contributed by atoms with Crippen molar-refractivity contribution in [1.82, 2.24) is 0 Å². The third-order valence-corrected chi connectivity index (χ3v) is 4.92. The number of carbonyl (C=O) groups is 1. The van der Waals surface area contributed by atoms with E-state index in [1.165, 1.54) is 11.1 Å². The van der Waals surface area contributed by atoms with Gasteiger partial charge in [0.05, 0.1) is 11.6 Å². The van der Waals surface area contributed by atoms with Crippen molar-refractivity contribution in [3.63, 3.8) is 0 Å². The maximum atomic E-state index is 12.2. The van der Waals surface area contributed by atoms with E-state index < -0.39 is 0 Å². The average Bonchev–Trinajstić information content (AvgIpc) is 2.73. The predicted molar refractivity (Wildman–Crippen MR) is 126 cm³/mol. The summed E-state index contributed by atoms with van der Waals surface area (Å²) in [7, 11) is 0. The summed E-state index contributed by atoms with van der Waals surface area (Å²) in [5, 5.41) is 6.61. The molecule has 31 heavy (non-hydrogen) atoms. The van der Waals surface area contributed by atoms with Crippen LogP contribution < -0.4 is 20.1 Å². The van der Waals surface area contributed by atoms with E-state index in [1.807, 2.05) is 49.4 Å². The van der Waals surface area contributed by atoms with Gasteiger partial charge in [-0.15, -0.1) is 0 Å². The standard InChI is InChI=1S/C25H27ClN2O3/c1-4-30-23-14-19(15-27-22-11-10-17(2)12-18(22)3)13-21(26)25(23)31-16-24(29)28-20-8-6-5-7-9-20/h5-14,27H,4,15-16H2,1-3H3,(H,28,29). The molecule has 3 aromatic rings. The van der Waals surface area contributed by atoms with E-state index in [2.05, 4.69) is 42.7 Å². The van der Waals surface area contributed by atoms with Crippen LogP contribution >= 0.6 is 11.6 Å². The zero-order valence-corrected chi connectivity index (χ0v) is 18.8. The van der Waals surface area contributed by atoms with Crippen molar-refractivity contribution in [1.29, 1.82) is 0 Å². The van der Waals surface area contributed by atoms with Gasteiger partial charge in [0.1, 0.15) is 0 Å². The Morgan fingerprint density at radius 2 is 1.77 bits per heavy atom. The highest BCUT2D eigenvalue weighted by molar-refractivity contribution is 6.32. The zero-order chi connectivity index (χ0) is 22.2. The van der Waals surface area contributed by atoms with Gasteiger partial charge in [-0.3, -0.25) is 4.79 Å². The number of amides is 1. The summed E-state index contributed by atoms with van der Waals surface area (Å²) < 4.78 is 11.4. The Bertz CT molecular complexity index is 1040. The van der Waals surface area contributed by atoms with Gasteiger partial charge in [0.2, 0.25) is 0 Å². The number of rotatable bonds is 9. The maximum Gasteiger partial charge on any atom is 0.262 e. The summed E-state index contributed by atoms with van der Waals surface area (Å²) in [4.78, 5) is 12.2. The Balaban J connectivity index is 1.68. The van der Waals surface area contributed by atoms with Crippen LogP contribution in [0, 0.1) is 13.8 Å². The van der Waals surface area contributed by atoms with Crippen LogP contribution in [0.5, 0.6) is 11.5 Å². The molecule has 0 heterocycles. The minimum atomic E-state index is -0.273. The van der Waals surface area contributed by atoms with E-state index >= 15 is 0 Å². The molecule has 0 aromatic heterocycles. The molecule has 0 unspecified atom stereocenters. The number of carbonyl (C=O) groups excluding carboxylic acids is 1. The van der Waals surface area contributed by atoms with E-state index in [0.717, 1.165) is 11.3 Å². The third kappa shape index (κ3) is 6.40. The van der Waals surface area contributed by atoms with E-state index in [0.29, 0.717) is 35.4 Å². The van der Waals surface area contributed by atoms with Crippen LogP contribution in [0.4, 0.5) is 11.4 Å². The first kappa shape index (κ1) is 22.5. The fourth-order valence-corrected chi connectivity index (χ4v) is 3.48. The number of nitrogens with one attached hydrogen (secondary N) is 2. The molecule has 0 fully saturated rings. The van der Waals surface area contributed by atoms with Gasteiger partial charge in [0.15, 0.2) is 18.1 Å². The number of aryl methyl sites for hydroxylation is 2. The smallest absolute Gasteiger partial charge is 0.262 e. The van der Waals surface area contributed by atoms with Gasteiger partial charge in [0.25, 0.3) is 5.91 Å². The molecule has 5 nitrogen and oxygen atoms in total. The van der Waals surface area contributed by atoms with Crippen molar-refractivity contribution in [2.75, 3.05) is 23.8 Å². The van der Waals surface area contributed by atoms with E-state index in [1.54, 1.807) is 0 Å². The molecule has 1 amide bonds. The second-order valence-corrected chi connectivity index (χ2v) is 7.62. The molecule has 3 aromatic carbocycles. The Morgan fingerprint density at radius 1 is 1.00 bits per heavy atom. The van der Waals surface area contributed by atoms with Gasteiger partial charge < -0.3 is 20.1 Å². The summed E-state index contributed by atoms with van der Waals surface area (Å²) in [5.41, 5.74) is 5.13. The van der Waals surface area contributed by atoms with Crippen molar-refractivity contribution in [2.45, 2.75) is 27.3 Å². The minimum Gasteiger partial charge on any atom is -0.490 e. The third-order valence-electron chi connectivity index (χ3n) is 4.64. The number of hydrogen-bond acceptors (Lipinski definition) is 4. The fourth-order valence-electron chi connectivity index (χ4n) is 3.19. The molecule has 0 saturated carbocycles. The fraction of sp³-hybridized carbons (Fsp3) is 0.240. The summed E-state index contributed by atoms with van der Waals surface area (Å²) in [6.07, 6.45) is 0. The quantitative estimate of drug-likeness (QED) is 0.431. The molecule has 0 radical (unpaired) electrons. The Morgan fingerprint density at radius 3 is 2.48 bits per heavy atom. The largest absolute Gasteiger partial charge is 0.490 e. The Labute approximate surface area is 188 Å². The van der Waals surface area contributed by atoms with Crippen LogP contribution in [0.1, 0.15) is 23.6 Å². The monoisotopic (exact) mass is 438 g/mol. The van der Waals surface area contributed by atoms with Crippen LogP contribution in [0.3, 0.4) is 0 Å². The predicted octanol–water partition coefficient (Wildman–Crippen LogP) is 5.99. The second-order valence-electron chi connectivity index (χ2n) is 7.21. The highest BCUT2D eigenvalue weighted by Crippen LogP contribution is 2.37. The summed E-state index contributed by atoms with van der Waals surface area (Å²) in [6, 6.07) is 19.2. The number of anilines is 2. The minimum absolute atomic E-state index is 0.172. The van der Waals surface area contributed by atoms with Crippen molar-refractivity contribution in [3.8, 4) is 11.5 Å². The first-order valence-corrected chi connectivity index (χ1v) is 10.6. The van der Waals surface area contributed by atoms with E-state index in [-0.39, 0.29) is 12.5 Å². The topological polar surface area (TPSA) is 59.6 Å². The molecule has 0 aliphatic rings. The average molecular weight is 439 g/mol. The number of benzene rings is 3. The molecule has 0 spiro atoms. The molecular weight excluding hydrogens is 412 g/mol. The maximum absolute atomic E-state index is 12.2. The van der Waals surface area contributed by atoms with Crippen molar-refractivity contribution < 1.29 is 14.3 Å². The molecule has 162 valence electrons. The highest BCUT2D eigenvalue weighted by atomic mass is 35.5. The number of ether oxygens (including phenoxy) is 2. The van der Waals surface area contributed by atoms with Gasteiger partial charge in [-0.25, -0.2) is 0 Å². The lowest BCUT2D eigenvalue weighted by molar-refractivity contribution is -0.118. The zero-order valence-electron chi connectivity index (χ0n) is 18.0. The van der Waals surface area contributed by atoms with Gasteiger partial charge in [-0.2, -0.15) is 0 Å². The molecule has 6 heteroatoms.